The predicted octanol–water partition coefficient (Wildman–Crippen LogP) is 0.156. The molecule has 0 aliphatic carbocycles. The van der Waals surface area contributed by atoms with Crippen LogP contribution in [-0.4, -0.2) is 36.1 Å². The molecule has 10 heavy (non-hydrogen) atoms. The Labute approximate surface area is 61.6 Å². The lowest BCUT2D eigenvalue weighted by Gasteiger charge is -2.24. The molecule has 0 aliphatic heterocycles. The topological polar surface area (TPSA) is 49.7 Å². The van der Waals surface area contributed by atoms with Gasteiger partial charge in [-0.1, -0.05) is 6.92 Å². The predicted molar refractivity (Wildman–Crippen MR) is 38.8 cm³/mol. The van der Waals surface area contributed by atoms with Crippen molar-refractivity contribution in [1.82, 2.24) is 0 Å². The molecule has 0 heterocycles. The molecule has 2 N–H and O–H groups in total. The van der Waals surface area contributed by atoms with Gasteiger partial charge in [-0.2, -0.15) is 0 Å². The molecular formula is C7H16O3. The molecule has 0 spiro atoms. The normalized spacial score (nSPS) is 16.8. The van der Waals surface area contributed by atoms with Gasteiger partial charge in [-0.25, -0.2) is 0 Å². The SMILES string of the molecule is CCC(O)(CCO)COC. The largest absolute Gasteiger partial charge is 0.396 e. The van der Waals surface area contributed by atoms with Crippen molar-refractivity contribution in [2.75, 3.05) is 20.3 Å². The van der Waals surface area contributed by atoms with Crippen molar-refractivity contribution in [2.45, 2.75) is 25.4 Å². The third-order valence-corrected chi connectivity index (χ3v) is 1.65. The smallest absolute Gasteiger partial charge is 0.0899 e. The lowest BCUT2D eigenvalue weighted by molar-refractivity contribution is -0.0483. The quantitative estimate of drug-likeness (QED) is 0.583. The summed E-state index contributed by atoms with van der Waals surface area (Å²) in [4.78, 5) is 0. The second-order valence-electron chi connectivity index (χ2n) is 2.48. The Morgan fingerprint density at radius 3 is 2.40 bits per heavy atom. The number of hydrogen-bond donors (Lipinski definition) is 2. The van der Waals surface area contributed by atoms with Gasteiger partial charge in [0.15, 0.2) is 0 Å². The van der Waals surface area contributed by atoms with Crippen LogP contribution in [0.15, 0.2) is 0 Å². The van der Waals surface area contributed by atoms with E-state index in [2.05, 4.69) is 0 Å². The van der Waals surface area contributed by atoms with Crippen molar-refractivity contribution < 1.29 is 14.9 Å². The van der Waals surface area contributed by atoms with Crippen molar-refractivity contribution in [3.63, 3.8) is 0 Å². The first-order valence-electron chi connectivity index (χ1n) is 3.50. The van der Waals surface area contributed by atoms with E-state index in [4.69, 9.17) is 9.84 Å². The van der Waals surface area contributed by atoms with Crippen LogP contribution in [0.25, 0.3) is 0 Å². The molecule has 3 heteroatoms. The van der Waals surface area contributed by atoms with Crippen LogP contribution in [0.5, 0.6) is 0 Å². The summed E-state index contributed by atoms with van der Waals surface area (Å²) in [5, 5.41) is 18.1. The fourth-order valence-corrected chi connectivity index (χ4v) is 0.828. The molecule has 0 bridgehead atoms. The standard InChI is InChI=1S/C7H16O3/c1-3-7(9,4-5-8)6-10-2/h8-9H,3-6H2,1-2H3. The van der Waals surface area contributed by atoms with E-state index in [1.807, 2.05) is 6.92 Å². The van der Waals surface area contributed by atoms with Crippen molar-refractivity contribution in [1.29, 1.82) is 0 Å². The molecule has 0 aromatic carbocycles. The van der Waals surface area contributed by atoms with Crippen LogP contribution in [0.2, 0.25) is 0 Å². The van der Waals surface area contributed by atoms with Crippen LogP contribution in [0, 0.1) is 0 Å². The van der Waals surface area contributed by atoms with Crippen molar-refractivity contribution in [3.8, 4) is 0 Å². The highest BCUT2D eigenvalue weighted by atomic mass is 16.5. The first-order valence-corrected chi connectivity index (χ1v) is 3.50. The van der Waals surface area contributed by atoms with Gasteiger partial charge in [0.2, 0.25) is 0 Å². The van der Waals surface area contributed by atoms with Crippen molar-refractivity contribution >= 4 is 0 Å². The maximum Gasteiger partial charge on any atom is 0.0899 e. The summed E-state index contributed by atoms with van der Waals surface area (Å²) in [5.41, 5.74) is -0.830. The van der Waals surface area contributed by atoms with Gasteiger partial charge in [0.25, 0.3) is 0 Å². The first-order chi connectivity index (χ1) is 4.68. The summed E-state index contributed by atoms with van der Waals surface area (Å²) in [6, 6.07) is 0. The van der Waals surface area contributed by atoms with Crippen LogP contribution in [0.1, 0.15) is 19.8 Å². The number of rotatable bonds is 5. The maximum atomic E-state index is 9.54. The lowest BCUT2D eigenvalue weighted by atomic mass is 9.98. The Bertz CT molecular complexity index is 76.9. The molecule has 0 rings (SSSR count). The molecule has 0 saturated heterocycles. The Kier molecular flexibility index (Phi) is 4.60. The fraction of sp³-hybridized carbons (Fsp3) is 1.00. The van der Waals surface area contributed by atoms with Gasteiger partial charge in [-0.05, 0) is 6.42 Å². The highest BCUT2D eigenvalue weighted by Gasteiger charge is 2.23. The lowest BCUT2D eigenvalue weighted by Crippen LogP contribution is -2.34. The molecule has 0 aromatic heterocycles. The molecule has 0 saturated carbocycles. The molecule has 0 aromatic rings. The molecule has 0 aliphatic rings. The maximum absolute atomic E-state index is 9.54. The van der Waals surface area contributed by atoms with E-state index in [9.17, 15) is 5.11 Å². The van der Waals surface area contributed by atoms with E-state index in [0.717, 1.165) is 0 Å². The van der Waals surface area contributed by atoms with E-state index >= 15 is 0 Å². The highest BCUT2D eigenvalue weighted by molar-refractivity contribution is 4.75. The third-order valence-electron chi connectivity index (χ3n) is 1.65. The summed E-state index contributed by atoms with van der Waals surface area (Å²) >= 11 is 0. The minimum absolute atomic E-state index is 0.00764. The van der Waals surface area contributed by atoms with Gasteiger partial charge in [0, 0.05) is 20.1 Å². The number of methoxy groups -OCH3 is 1. The summed E-state index contributed by atoms with van der Waals surface area (Å²) in [5.74, 6) is 0. The summed E-state index contributed by atoms with van der Waals surface area (Å²) in [7, 11) is 1.54. The number of aliphatic hydroxyl groups is 2. The van der Waals surface area contributed by atoms with Gasteiger partial charge >= 0.3 is 0 Å². The van der Waals surface area contributed by atoms with Crippen LogP contribution in [0.4, 0.5) is 0 Å². The minimum atomic E-state index is -0.830. The van der Waals surface area contributed by atoms with Gasteiger partial charge in [-0.3, -0.25) is 0 Å². The van der Waals surface area contributed by atoms with Crippen LogP contribution in [-0.2, 0) is 4.74 Å². The highest BCUT2D eigenvalue weighted by Crippen LogP contribution is 2.13. The number of hydrogen-bond acceptors (Lipinski definition) is 3. The molecule has 3 nitrogen and oxygen atoms in total. The monoisotopic (exact) mass is 148 g/mol. The molecule has 0 fully saturated rings. The van der Waals surface area contributed by atoms with E-state index in [-0.39, 0.29) is 6.61 Å². The molecule has 0 amide bonds. The van der Waals surface area contributed by atoms with Crippen molar-refractivity contribution in [3.05, 3.63) is 0 Å². The van der Waals surface area contributed by atoms with E-state index in [1.54, 1.807) is 0 Å². The second-order valence-corrected chi connectivity index (χ2v) is 2.48. The van der Waals surface area contributed by atoms with Gasteiger partial charge in [0.05, 0.1) is 12.2 Å². The Morgan fingerprint density at radius 2 is 2.10 bits per heavy atom. The second kappa shape index (κ2) is 4.66. The van der Waals surface area contributed by atoms with Gasteiger partial charge < -0.3 is 14.9 Å². The van der Waals surface area contributed by atoms with Crippen LogP contribution < -0.4 is 0 Å². The zero-order valence-corrected chi connectivity index (χ0v) is 6.63. The van der Waals surface area contributed by atoms with E-state index < -0.39 is 5.60 Å². The van der Waals surface area contributed by atoms with E-state index in [0.29, 0.717) is 19.4 Å². The Balaban J connectivity index is 3.69. The van der Waals surface area contributed by atoms with Crippen LogP contribution >= 0.6 is 0 Å². The first kappa shape index (κ1) is 9.88. The van der Waals surface area contributed by atoms with Crippen molar-refractivity contribution in [2.24, 2.45) is 0 Å². The summed E-state index contributed by atoms with van der Waals surface area (Å²) in [6.07, 6.45) is 0.999. The zero-order valence-electron chi connectivity index (χ0n) is 6.63. The molecule has 1 unspecified atom stereocenters. The van der Waals surface area contributed by atoms with Gasteiger partial charge in [0.1, 0.15) is 0 Å². The zero-order chi connectivity index (χ0) is 8.04. The van der Waals surface area contributed by atoms with Crippen LogP contribution in [0.3, 0.4) is 0 Å². The molecule has 62 valence electrons. The Hall–Kier alpha value is -0.120. The summed E-state index contributed by atoms with van der Waals surface area (Å²) < 4.78 is 4.79. The minimum Gasteiger partial charge on any atom is -0.396 e. The molecule has 1 atom stereocenters. The average molecular weight is 148 g/mol. The third kappa shape index (κ3) is 3.15. The molecular weight excluding hydrogens is 132 g/mol. The van der Waals surface area contributed by atoms with Gasteiger partial charge in [-0.15, -0.1) is 0 Å². The average Bonchev–Trinajstić information content (AvgIpc) is 1.89. The fourth-order valence-electron chi connectivity index (χ4n) is 0.828. The summed E-state index contributed by atoms with van der Waals surface area (Å²) in [6.45, 7) is 2.17. The van der Waals surface area contributed by atoms with E-state index in [1.165, 1.54) is 7.11 Å². The number of aliphatic hydroxyl groups excluding tert-OH is 1. The number of ether oxygens (including phenoxy) is 1. The molecule has 0 radical (unpaired) electrons. The Morgan fingerprint density at radius 1 is 1.50 bits per heavy atom.